The van der Waals surface area contributed by atoms with Crippen molar-refractivity contribution in [1.82, 2.24) is 4.98 Å². The van der Waals surface area contributed by atoms with Gasteiger partial charge in [0.05, 0.1) is 5.04 Å². The van der Waals surface area contributed by atoms with Crippen LogP contribution in [0.2, 0.25) is 0 Å². The van der Waals surface area contributed by atoms with Gasteiger partial charge >= 0.3 is 0 Å². The van der Waals surface area contributed by atoms with E-state index in [0.29, 0.717) is 0 Å². The number of fused-ring (bicyclic) bond motifs is 1. The number of thioether (sulfide) groups is 1. The van der Waals surface area contributed by atoms with Crippen LogP contribution in [0.25, 0.3) is 10.9 Å². The van der Waals surface area contributed by atoms with Crippen molar-refractivity contribution in [3.05, 3.63) is 36.0 Å². The van der Waals surface area contributed by atoms with Crippen molar-refractivity contribution in [1.29, 1.82) is 0 Å². The Labute approximate surface area is 92.8 Å². The third-order valence-electron chi connectivity index (χ3n) is 2.60. The molecule has 1 aliphatic heterocycles. The molecule has 2 heterocycles. The molecule has 0 fully saturated rings. The minimum atomic E-state index is 0.977. The molecule has 1 aromatic carbocycles. The van der Waals surface area contributed by atoms with E-state index >= 15 is 0 Å². The molecule has 0 bridgehead atoms. The maximum atomic E-state index is 4.56. The molecule has 1 N–H and O–H groups in total. The molecule has 0 unspecified atom stereocenters. The third-order valence-corrected chi connectivity index (χ3v) is 3.73. The van der Waals surface area contributed by atoms with Gasteiger partial charge in [0, 0.05) is 29.6 Å². The molecule has 0 saturated carbocycles. The van der Waals surface area contributed by atoms with Crippen LogP contribution in [0, 0.1) is 0 Å². The van der Waals surface area contributed by atoms with Gasteiger partial charge in [0.25, 0.3) is 0 Å². The highest BCUT2D eigenvalue weighted by atomic mass is 32.2. The molecule has 0 radical (unpaired) electrons. The smallest absolute Gasteiger partial charge is 0.0977 e. The zero-order valence-corrected chi connectivity index (χ0v) is 9.18. The average Bonchev–Trinajstić information content (AvgIpc) is 2.77. The molecule has 76 valence electrons. The number of benzene rings is 1. The molecule has 1 aliphatic rings. The highest BCUT2D eigenvalue weighted by molar-refractivity contribution is 8.14. The summed E-state index contributed by atoms with van der Waals surface area (Å²) in [5.41, 5.74) is 2.44. The van der Waals surface area contributed by atoms with Crippen molar-refractivity contribution in [3.8, 4) is 0 Å². The summed E-state index contributed by atoms with van der Waals surface area (Å²) in [6.45, 7) is 0.977. The first-order chi connectivity index (χ1) is 7.43. The molecule has 15 heavy (non-hydrogen) atoms. The minimum Gasteiger partial charge on any atom is -0.361 e. The molecule has 3 rings (SSSR count). The summed E-state index contributed by atoms with van der Waals surface area (Å²) in [5.74, 6) is 1.20. The zero-order chi connectivity index (χ0) is 10.1. The summed E-state index contributed by atoms with van der Waals surface area (Å²) in [7, 11) is 0. The fraction of sp³-hybridized carbons (Fsp3) is 0.250. The fourth-order valence-electron chi connectivity index (χ4n) is 1.82. The molecule has 2 aromatic rings. The molecule has 0 amide bonds. The van der Waals surface area contributed by atoms with E-state index in [0.717, 1.165) is 6.54 Å². The lowest BCUT2D eigenvalue weighted by Gasteiger charge is -2.11. The number of rotatable bonds is 1. The second-order valence-electron chi connectivity index (χ2n) is 3.67. The first-order valence-corrected chi connectivity index (χ1v) is 6.17. The largest absolute Gasteiger partial charge is 0.361 e. The standard InChI is InChI=1S/C12H12N2S/c1-5-14-12(15-7-1)10-3-2-9-4-6-13-11(9)8-10/h2-4,6,8,13H,1,5,7H2. The molecule has 3 heteroatoms. The lowest BCUT2D eigenvalue weighted by Crippen LogP contribution is -2.04. The summed E-state index contributed by atoms with van der Waals surface area (Å²) in [6, 6.07) is 8.59. The van der Waals surface area contributed by atoms with Crippen molar-refractivity contribution in [2.24, 2.45) is 4.99 Å². The van der Waals surface area contributed by atoms with Gasteiger partial charge in [-0.3, -0.25) is 4.99 Å². The lowest BCUT2D eigenvalue weighted by molar-refractivity contribution is 0.939. The van der Waals surface area contributed by atoms with Crippen LogP contribution in [0.15, 0.2) is 35.5 Å². The van der Waals surface area contributed by atoms with E-state index in [1.807, 2.05) is 18.0 Å². The van der Waals surface area contributed by atoms with Gasteiger partial charge in [-0.2, -0.15) is 0 Å². The predicted molar refractivity (Wildman–Crippen MR) is 66.8 cm³/mol. The van der Waals surface area contributed by atoms with Gasteiger partial charge in [0.1, 0.15) is 0 Å². The maximum Gasteiger partial charge on any atom is 0.0977 e. The number of H-pyrrole nitrogens is 1. The number of aromatic nitrogens is 1. The SMILES string of the molecule is c1cc2ccc(C3=NCCCS3)cc2[nH]1. The van der Waals surface area contributed by atoms with Gasteiger partial charge in [-0.1, -0.05) is 12.1 Å². The van der Waals surface area contributed by atoms with E-state index in [-0.39, 0.29) is 0 Å². The summed E-state index contributed by atoms with van der Waals surface area (Å²) in [5, 5.41) is 2.46. The van der Waals surface area contributed by atoms with E-state index in [9.17, 15) is 0 Å². The molecule has 0 atom stereocenters. The number of hydrogen-bond acceptors (Lipinski definition) is 2. The van der Waals surface area contributed by atoms with Crippen LogP contribution >= 0.6 is 11.8 Å². The van der Waals surface area contributed by atoms with E-state index in [4.69, 9.17) is 0 Å². The Bertz CT molecular complexity index is 513. The van der Waals surface area contributed by atoms with Crippen LogP contribution in [0.3, 0.4) is 0 Å². The molecular weight excluding hydrogens is 204 g/mol. The van der Waals surface area contributed by atoms with Crippen LogP contribution in [-0.2, 0) is 0 Å². The van der Waals surface area contributed by atoms with Gasteiger partial charge in [-0.15, -0.1) is 11.8 Å². The maximum absolute atomic E-state index is 4.56. The highest BCUT2D eigenvalue weighted by Gasteiger charge is 2.08. The topological polar surface area (TPSA) is 28.1 Å². The molecule has 1 aromatic heterocycles. The van der Waals surface area contributed by atoms with Gasteiger partial charge in [-0.05, 0) is 23.9 Å². The first kappa shape index (κ1) is 9.04. The molecule has 0 saturated heterocycles. The normalized spacial score (nSPS) is 16.7. The quantitative estimate of drug-likeness (QED) is 0.779. The third kappa shape index (κ3) is 1.67. The lowest BCUT2D eigenvalue weighted by atomic mass is 10.2. The number of aromatic amines is 1. The summed E-state index contributed by atoms with van der Waals surface area (Å²) < 4.78 is 0. The monoisotopic (exact) mass is 216 g/mol. The number of nitrogens with zero attached hydrogens (tertiary/aromatic N) is 1. The number of hydrogen-bond donors (Lipinski definition) is 1. The van der Waals surface area contributed by atoms with E-state index in [1.165, 1.54) is 33.7 Å². The van der Waals surface area contributed by atoms with Crippen LogP contribution in [0.1, 0.15) is 12.0 Å². The zero-order valence-electron chi connectivity index (χ0n) is 8.36. The summed E-state index contributed by atoms with van der Waals surface area (Å²) >= 11 is 1.86. The predicted octanol–water partition coefficient (Wildman–Crippen LogP) is 3.05. The molecule has 0 spiro atoms. The second kappa shape index (κ2) is 3.74. The van der Waals surface area contributed by atoms with Gasteiger partial charge < -0.3 is 4.98 Å². The van der Waals surface area contributed by atoms with E-state index in [1.54, 1.807) is 0 Å². The Morgan fingerprint density at radius 2 is 2.27 bits per heavy atom. The molecule has 2 nitrogen and oxygen atoms in total. The van der Waals surface area contributed by atoms with Crippen LogP contribution < -0.4 is 0 Å². The van der Waals surface area contributed by atoms with Gasteiger partial charge in [0.15, 0.2) is 0 Å². The van der Waals surface area contributed by atoms with Gasteiger partial charge in [0.2, 0.25) is 0 Å². The Kier molecular flexibility index (Phi) is 2.25. The summed E-state index contributed by atoms with van der Waals surface area (Å²) in [6.07, 6.45) is 3.18. The van der Waals surface area contributed by atoms with Crippen molar-refractivity contribution >= 4 is 27.7 Å². The van der Waals surface area contributed by atoms with E-state index in [2.05, 4.69) is 34.2 Å². The van der Waals surface area contributed by atoms with Crippen molar-refractivity contribution < 1.29 is 0 Å². The van der Waals surface area contributed by atoms with E-state index < -0.39 is 0 Å². The van der Waals surface area contributed by atoms with Crippen LogP contribution in [-0.4, -0.2) is 22.3 Å². The fourth-order valence-corrected chi connectivity index (χ4v) is 2.76. The molecular formula is C12H12N2S. The van der Waals surface area contributed by atoms with Crippen molar-refractivity contribution in [3.63, 3.8) is 0 Å². The first-order valence-electron chi connectivity index (χ1n) is 5.18. The highest BCUT2D eigenvalue weighted by Crippen LogP contribution is 2.22. The second-order valence-corrected chi connectivity index (χ2v) is 4.75. The number of aliphatic imine (C=N–C) groups is 1. The summed E-state index contributed by atoms with van der Waals surface area (Å²) in [4.78, 5) is 7.79. The van der Waals surface area contributed by atoms with Crippen LogP contribution in [0.4, 0.5) is 0 Å². The Hall–Kier alpha value is -1.22. The number of nitrogens with one attached hydrogen (secondary N) is 1. The Morgan fingerprint density at radius 1 is 1.27 bits per heavy atom. The molecule has 0 aliphatic carbocycles. The van der Waals surface area contributed by atoms with Crippen molar-refractivity contribution in [2.75, 3.05) is 12.3 Å². The Morgan fingerprint density at radius 3 is 3.13 bits per heavy atom. The van der Waals surface area contributed by atoms with Crippen LogP contribution in [0.5, 0.6) is 0 Å². The van der Waals surface area contributed by atoms with Crippen molar-refractivity contribution in [2.45, 2.75) is 6.42 Å². The average molecular weight is 216 g/mol. The minimum absolute atomic E-state index is 0.977. The van der Waals surface area contributed by atoms with Gasteiger partial charge in [-0.25, -0.2) is 0 Å². The Balaban J connectivity index is 2.06.